The summed E-state index contributed by atoms with van der Waals surface area (Å²) in [6.45, 7) is 6.41. The first kappa shape index (κ1) is 11.9. The molecule has 0 aromatic rings. The Bertz CT molecular complexity index is 88.6. The Kier molecular flexibility index (Phi) is 8.88. The predicted molar refractivity (Wildman–Crippen MR) is 52.1 cm³/mol. The van der Waals surface area contributed by atoms with Gasteiger partial charge in [-0.15, -0.1) is 0 Å². The van der Waals surface area contributed by atoms with Crippen molar-refractivity contribution in [2.75, 3.05) is 32.8 Å². The molecule has 0 aromatic carbocycles. The molecule has 74 valence electrons. The summed E-state index contributed by atoms with van der Waals surface area (Å²) in [6.07, 6.45) is 3.23. The third kappa shape index (κ3) is 6.58. The highest BCUT2D eigenvalue weighted by Crippen LogP contribution is 1.97. The van der Waals surface area contributed by atoms with Gasteiger partial charge in [-0.05, 0) is 32.4 Å². The number of aliphatic hydroxyl groups excluding tert-OH is 1. The largest absolute Gasteiger partial charge is 0.396 e. The van der Waals surface area contributed by atoms with Crippen molar-refractivity contribution in [3.63, 3.8) is 0 Å². The summed E-state index contributed by atoms with van der Waals surface area (Å²) in [5.41, 5.74) is 5.45. The standard InChI is InChI=1S/C9H22N2O/c1-2-11(8-6-10)7-4-3-5-9-12/h12H,2-10H2,1H3. The van der Waals surface area contributed by atoms with Gasteiger partial charge in [0.15, 0.2) is 0 Å². The van der Waals surface area contributed by atoms with Crippen LogP contribution in [0.4, 0.5) is 0 Å². The summed E-state index contributed by atoms with van der Waals surface area (Å²) in [7, 11) is 0. The molecule has 0 aliphatic carbocycles. The first-order valence-electron chi connectivity index (χ1n) is 4.88. The van der Waals surface area contributed by atoms with Gasteiger partial charge < -0.3 is 15.7 Å². The predicted octanol–water partition coefficient (Wildman–Crippen LogP) is 0.430. The molecule has 0 aliphatic rings. The van der Waals surface area contributed by atoms with Crippen LogP contribution in [0.3, 0.4) is 0 Å². The van der Waals surface area contributed by atoms with Gasteiger partial charge in [0.1, 0.15) is 0 Å². The van der Waals surface area contributed by atoms with Crippen LogP contribution in [0.5, 0.6) is 0 Å². The average Bonchev–Trinajstić information content (AvgIpc) is 2.10. The quantitative estimate of drug-likeness (QED) is 0.525. The first-order valence-corrected chi connectivity index (χ1v) is 4.88. The third-order valence-electron chi connectivity index (χ3n) is 2.02. The van der Waals surface area contributed by atoms with Crippen molar-refractivity contribution >= 4 is 0 Å². The first-order chi connectivity index (χ1) is 5.85. The lowest BCUT2D eigenvalue weighted by atomic mass is 10.2. The number of rotatable bonds is 8. The molecule has 0 radical (unpaired) electrons. The van der Waals surface area contributed by atoms with Crippen molar-refractivity contribution in [1.82, 2.24) is 4.90 Å². The fraction of sp³-hybridized carbons (Fsp3) is 1.00. The van der Waals surface area contributed by atoms with Crippen LogP contribution < -0.4 is 5.73 Å². The van der Waals surface area contributed by atoms with Gasteiger partial charge in [0.05, 0.1) is 0 Å². The molecule has 3 heteroatoms. The highest BCUT2D eigenvalue weighted by atomic mass is 16.2. The maximum absolute atomic E-state index is 8.56. The molecule has 0 bridgehead atoms. The molecule has 0 atom stereocenters. The molecule has 0 aromatic heterocycles. The molecule has 0 fully saturated rings. The van der Waals surface area contributed by atoms with E-state index < -0.39 is 0 Å². The van der Waals surface area contributed by atoms with E-state index in [1.807, 2.05) is 0 Å². The zero-order valence-electron chi connectivity index (χ0n) is 8.13. The van der Waals surface area contributed by atoms with Gasteiger partial charge in [-0.25, -0.2) is 0 Å². The van der Waals surface area contributed by atoms with Crippen molar-refractivity contribution in [3.05, 3.63) is 0 Å². The monoisotopic (exact) mass is 174 g/mol. The molecule has 0 saturated carbocycles. The van der Waals surface area contributed by atoms with E-state index in [1.54, 1.807) is 0 Å². The Morgan fingerprint density at radius 2 is 1.92 bits per heavy atom. The van der Waals surface area contributed by atoms with E-state index in [1.165, 1.54) is 6.42 Å². The van der Waals surface area contributed by atoms with Crippen molar-refractivity contribution in [2.45, 2.75) is 26.2 Å². The molecule has 0 saturated heterocycles. The number of hydrogen-bond donors (Lipinski definition) is 2. The topological polar surface area (TPSA) is 49.5 Å². The van der Waals surface area contributed by atoms with Crippen LogP contribution in [0.25, 0.3) is 0 Å². The summed E-state index contributed by atoms with van der Waals surface area (Å²) >= 11 is 0. The van der Waals surface area contributed by atoms with Gasteiger partial charge in [0, 0.05) is 19.7 Å². The third-order valence-corrected chi connectivity index (χ3v) is 2.02. The molecule has 12 heavy (non-hydrogen) atoms. The smallest absolute Gasteiger partial charge is 0.0431 e. The van der Waals surface area contributed by atoms with Crippen molar-refractivity contribution < 1.29 is 5.11 Å². The van der Waals surface area contributed by atoms with Crippen molar-refractivity contribution in [3.8, 4) is 0 Å². The zero-order chi connectivity index (χ0) is 9.23. The zero-order valence-corrected chi connectivity index (χ0v) is 8.13. The Hall–Kier alpha value is -0.120. The highest BCUT2D eigenvalue weighted by Gasteiger charge is 1.98. The van der Waals surface area contributed by atoms with Gasteiger partial charge in [-0.3, -0.25) is 0 Å². The second kappa shape index (κ2) is 8.97. The molecule has 3 nitrogen and oxygen atoms in total. The summed E-state index contributed by atoms with van der Waals surface area (Å²) in [6, 6.07) is 0. The van der Waals surface area contributed by atoms with Crippen LogP contribution in [-0.4, -0.2) is 42.8 Å². The Balaban J connectivity index is 3.19. The molecule has 0 aliphatic heterocycles. The molecule has 0 amide bonds. The van der Waals surface area contributed by atoms with Crippen LogP contribution in [0, 0.1) is 0 Å². The van der Waals surface area contributed by atoms with Crippen LogP contribution >= 0.6 is 0 Å². The molecule has 0 spiro atoms. The minimum Gasteiger partial charge on any atom is -0.396 e. The van der Waals surface area contributed by atoms with E-state index in [0.29, 0.717) is 6.61 Å². The minimum absolute atomic E-state index is 0.322. The Morgan fingerprint density at radius 1 is 1.17 bits per heavy atom. The molecular weight excluding hydrogens is 152 g/mol. The summed E-state index contributed by atoms with van der Waals surface area (Å²) in [5.74, 6) is 0. The van der Waals surface area contributed by atoms with E-state index in [9.17, 15) is 0 Å². The summed E-state index contributed by atoms with van der Waals surface area (Å²) in [5, 5.41) is 8.56. The summed E-state index contributed by atoms with van der Waals surface area (Å²) in [4.78, 5) is 2.34. The van der Waals surface area contributed by atoms with Crippen LogP contribution in [-0.2, 0) is 0 Å². The van der Waals surface area contributed by atoms with Gasteiger partial charge in [0.2, 0.25) is 0 Å². The van der Waals surface area contributed by atoms with Gasteiger partial charge in [0.25, 0.3) is 0 Å². The van der Waals surface area contributed by atoms with Gasteiger partial charge >= 0.3 is 0 Å². The van der Waals surface area contributed by atoms with Gasteiger partial charge in [-0.1, -0.05) is 6.92 Å². The van der Waals surface area contributed by atoms with Crippen molar-refractivity contribution in [1.29, 1.82) is 0 Å². The number of unbranched alkanes of at least 4 members (excludes halogenated alkanes) is 2. The van der Waals surface area contributed by atoms with Crippen molar-refractivity contribution in [2.24, 2.45) is 5.73 Å². The van der Waals surface area contributed by atoms with E-state index in [4.69, 9.17) is 10.8 Å². The highest BCUT2D eigenvalue weighted by molar-refractivity contribution is 4.55. The lowest BCUT2D eigenvalue weighted by Gasteiger charge is -2.18. The number of likely N-dealkylation sites (N-methyl/N-ethyl adjacent to an activating group) is 1. The average molecular weight is 174 g/mol. The number of nitrogens with two attached hydrogens (primary N) is 1. The molecule has 0 rings (SSSR count). The van der Waals surface area contributed by atoms with Crippen LogP contribution in [0.15, 0.2) is 0 Å². The number of hydrogen-bond acceptors (Lipinski definition) is 3. The van der Waals surface area contributed by atoms with Gasteiger partial charge in [-0.2, -0.15) is 0 Å². The fourth-order valence-electron chi connectivity index (χ4n) is 1.23. The maximum atomic E-state index is 8.56. The molecular formula is C9H22N2O. The normalized spacial score (nSPS) is 11.0. The maximum Gasteiger partial charge on any atom is 0.0431 e. The molecule has 0 heterocycles. The second-order valence-corrected chi connectivity index (χ2v) is 3.01. The lowest BCUT2D eigenvalue weighted by molar-refractivity contribution is 0.263. The van der Waals surface area contributed by atoms with Crippen LogP contribution in [0.1, 0.15) is 26.2 Å². The Labute approximate surface area is 75.6 Å². The fourth-order valence-corrected chi connectivity index (χ4v) is 1.23. The summed E-state index contributed by atoms with van der Waals surface area (Å²) < 4.78 is 0. The van der Waals surface area contributed by atoms with Crippen LogP contribution in [0.2, 0.25) is 0 Å². The second-order valence-electron chi connectivity index (χ2n) is 3.01. The Morgan fingerprint density at radius 3 is 2.42 bits per heavy atom. The minimum atomic E-state index is 0.322. The number of nitrogens with zero attached hydrogens (tertiary/aromatic N) is 1. The lowest BCUT2D eigenvalue weighted by Crippen LogP contribution is -2.30. The number of aliphatic hydroxyl groups is 1. The molecule has 0 unspecified atom stereocenters. The van der Waals surface area contributed by atoms with E-state index >= 15 is 0 Å². The van der Waals surface area contributed by atoms with E-state index in [-0.39, 0.29) is 0 Å². The SMILES string of the molecule is CCN(CCN)CCCCCO. The van der Waals surface area contributed by atoms with E-state index in [0.717, 1.165) is 39.0 Å². The molecule has 3 N–H and O–H groups in total. The van der Waals surface area contributed by atoms with E-state index in [2.05, 4.69) is 11.8 Å².